The summed E-state index contributed by atoms with van der Waals surface area (Å²) < 4.78 is 27.0. The number of rotatable bonds is 12. The van der Waals surface area contributed by atoms with Crippen LogP contribution in [0.4, 0.5) is 5.69 Å². The summed E-state index contributed by atoms with van der Waals surface area (Å²) in [7, 11) is 2.94. The van der Waals surface area contributed by atoms with E-state index in [2.05, 4.69) is 5.32 Å². The van der Waals surface area contributed by atoms with E-state index in [1.54, 1.807) is 24.3 Å². The number of nitrogens with one attached hydrogen (secondary N) is 1. The molecular weight excluding hydrogens is 458 g/mol. The molecule has 1 N–H and O–H groups in total. The van der Waals surface area contributed by atoms with Crippen molar-refractivity contribution in [3.05, 3.63) is 64.4 Å². The Morgan fingerprint density at radius 2 is 1.59 bits per heavy atom. The average molecular weight is 486 g/mol. The van der Waals surface area contributed by atoms with Crippen LogP contribution >= 0.6 is 11.3 Å². The lowest BCUT2D eigenvalue weighted by Gasteiger charge is -2.15. The molecule has 3 rings (SSSR count). The zero-order chi connectivity index (χ0) is 24.3. The monoisotopic (exact) mass is 485 g/mol. The summed E-state index contributed by atoms with van der Waals surface area (Å²) in [4.78, 5) is 26.3. The van der Waals surface area contributed by atoms with Gasteiger partial charge in [0.1, 0.15) is 24.7 Å². The first-order chi connectivity index (χ1) is 16.5. The minimum atomic E-state index is -0.623. The van der Waals surface area contributed by atoms with E-state index in [1.165, 1.54) is 37.7 Å². The van der Waals surface area contributed by atoms with Crippen molar-refractivity contribution in [1.82, 2.24) is 0 Å². The van der Waals surface area contributed by atoms with Crippen molar-refractivity contribution >= 4 is 28.9 Å². The lowest BCUT2D eigenvalue weighted by molar-refractivity contribution is -0.115. The SMILES string of the molecule is CCOc1ccc(OCCOC(=O)c2cc(OC)c(OC)cc2NC(=O)Cc2cccs2)cc1. The largest absolute Gasteiger partial charge is 0.494 e. The molecule has 0 atom stereocenters. The fraction of sp³-hybridized carbons (Fsp3) is 0.280. The summed E-state index contributed by atoms with van der Waals surface area (Å²) in [5, 5.41) is 4.68. The maximum atomic E-state index is 12.8. The zero-order valence-corrected chi connectivity index (χ0v) is 20.1. The van der Waals surface area contributed by atoms with E-state index in [4.69, 9.17) is 23.7 Å². The van der Waals surface area contributed by atoms with Gasteiger partial charge in [-0.1, -0.05) is 6.07 Å². The van der Waals surface area contributed by atoms with Crippen LogP contribution in [-0.2, 0) is 16.0 Å². The van der Waals surface area contributed by atoms with Crippen LogP contribution in [0, 0.1) is 0 Å². The van der Waals surface area contributed by atoms with Gasteiger partial charge < -0.3 is 29.0 Å². The van der Waals surface area contributed by atoms with Gasteiger partial charge in [0.15, 0.2) is 11.5 Å². The number of carbonyl (C=O) groups is 2. The standard InChI is InChI=1S/C25H27NO7S/c1-4-31-17-7-9-18(10-8-17)32-11-12-33-25(28)20-15-22(29-2)23(30-3)16-21(20)26-24(27)14-19-6-5-13-34-19/h5-10,13,15-16H,4,11-12,14H2,1-3H3,(H,26,27). The van der Waals surface area contributed by atoms with Gasteiger partial charge in [0.2, 0.25) is 5.91 Å². The first kappa shape index (κ1) is 24.9. The van der Waals surface area contributed by atoms with Crippen LogP contribution in [0.3, 0.4) is 0 Å². The van der Waals surface area contributed by atoms with Crippen LogP contribution in [-0.4, -0.2) is 45.9 Å². The van der Waals surface area contributed by atoms with E-state index in [0.717, 1.165) is 10.6 Å². The third-order valence-electron chi connectivity index (χ3n) is 4.65. The number of amides is 1. The van der Waals surface area contributed by atoms with Crippen molar-refractivity contribution in [3.8, 4) is 23.0 Å². The number of anilines is 1. The van der Waals surface area contributed by atoms with Crippen LogP contribution in [0.25, 0.3) is 0 Å². The van der Waals surface area contributed by atoms with Crippen LogP contribution in [0.2, 0.25) is 0 Å². The van der Waals surface area contributed by atoms with Crippen LogP contribution < -0.4 is 24.3 Å². The van der Waals surface area contributed by atoms with E-state index >= 15 is 0 Å². The molecule has 0 aliphatic rings. The van der Waals surface area contributed by atoms with Gasteiger partial charge in [-0.2, -0.15) is 0 Å². The molecule has 180 valence electrons. The fourth-order valence-electron chi connectivity index (χ4n) is 3.09. The van der Waals surface area contributed by atoms with Gasteiger partial charge >= 0.3 is 5.97 Å². The smallest absolute Gasteiger partial charge is 0.340 e. The predicted molar refractivity (Wildman–Crippen MR) is 130 cm³/mol. The van der Waals surface area contributed by atoms with Crippen molar-refractivity contribution in [2.24, 2.45) is 0 Å². The number of carbonyl (C=O) groups excluding carboxylic acids is 2. The number of hydrogen-bond donors (Lipinski definition) is 1. The van der Waals surface area contributed by atoms with Gasteiger partial charge in [-0.3, -0.25) is 4.79 Å². The van der Waals surface area contributed by atoms with Gasteiger partial charge in [-0.15, -0.1) is 11.3 Å². The molecule has 3 aromatic rings. The Morgan fingerprint density at radius 1 is 0.912 bits per heavy atom. The Balaban J connectivity index is 1.64. The molecule has 0 fully saturated rings. The Hall–Kier alpha value is -3.72. The third-order valence-corrected chi connectivity index (χ3v) is 5.53. The summed E-state index contributed by atoms with van der Waals surface area (Å²) in [6.07, 6.45) is 0.191. The molecule has 0 radical (unpaired) electrons. The zero-order valence-electron chi connectivity index (χ0n) is 19.3. The summed E-state index contributed by atoms with van der Waals surface area (Å²) in [6.45, 7) is 2.68. The number of benzene rings is 2. The van der Waals surface area contributed by atoms with Crippen LogP contribution in [0.1, 0.15) is 22.2 Å². The van der Waals surface area contributed by atoms with Crippen molar-refractivity contribution in [3.63, 3.8) is 0 Å². The number of esters is 1. The minimum Gasteiger partial charge on any atom is -0.494 e. The highest BCUT2D eigenvalue weighted by Crippen LogP contribution is 2.34. The summed E-state index contributed by atoms with van der Waals surface area (Å²) in [6, 6.07) is 13.9. The molecule has 0 unspecified atom stereocenters. The van der Waals surface area contributed by atoms with Crippen LogP contribution in [0.5, 0.6) is 23.0 Å². The molecule has 0 spiro atoms. The molecule has 1 aromatic heterocycles. The van der Waals surface area contributed by atoms with Crippen molar-refractivity contribution in [2.75, 3.05) is 39.4 Å². The molecule has 1 heterocycles. The molecule has 9 heteroatoms. The van der Waals surface area contributed by atoms with Gasteiger partial charge in [-0.25, -0.2) is 4.79 Å². The minimum absolute atomic E-state index is 0.0168. The predicted octanol–water partition coefficient (Wildman–Crippen LogP) is 4.58. The normalized spacial score (nSPS) is 10.3. The molecule has 8 nitrogen and oxygen atoms in total. The lowest BCUT2D eigenvalue weighted by atomic mass is 10.1. The van der Waals surface area contributed by atoms with Gasteiger partial charge in [-0.05, 0) is 42.6 Å². The maximum Gasteiger partial charge on any atom is 0.340 e. The quantitative estimate of drug-likeness (QED) is 0.296. The second-order valence-corrected chi connectivity index (χ2v) is 7.98. The molecule has 0 aliphatic carbocycles. The number of hydrogen-bond acceptors (Lipinski definition) is 8. The second-order valence-electron chi connectivity index (χ2n) is 6.95. The molecule has 34 heavy (non-hydrogen) atoms. The Morgan fingerprint density at radius 3 is 2.21 bits per heavy atom. The molecular formula is C25H27NO7S. The van der Waals surface area contributed by atoms with Gasteiger partial charge in [0, 0.05) is 17.0 Å². The second kappa shape index (κ2) is 12.5. The first-order valence-electron chi connectivity index (χ1n) is 10.6. The maximum absolute atomic E-state index is 12.8. The molecule has 1 amide bonds. The Kier molecular flexibility index (Phi) is 9.16. The number of thiophene rings is 1. The molecule has 0 saturated heterocycles. The number of methoxy groups -OCH3 is 2. The van der Waals surface area contributed by atoms with E-state index in [1.807, 2.05) is 24.4 Å². The van der Waals surface area contributed by atoms with E-state index < -0.39 is 5.97 Å². The Bertz CT molecular complexity index is 1080. The van der Waals surface area contributed by atoms with E-state index in [9.17, 15) is 9.59 Å². The highest BCUT2D eigenvalue weighted by atomic mass is 32.1. The highest BCUT2D eigenvalue weighted by molar-refractivity contribution is 7.10. The van der Waals surface area contributed by atoms with E-state index in [0.29, 0.717) is 23.9 Å². The van der Waals surface area contributed by atoms with Gasteiger partial charge in [0.25, 0.3) is 0 Å². The average Bonchev–Trinajstić information content (AvgIpc) is 3.35. The van der Waals surface area contributed by atoms with Crippen molar-refractivity contribution in [1.29, 1.82) is 0 Å². The number of ether oxygens (including phenoxy) is 5. The molecule has 0 bridgehead atoms. The van der Waals surface area contributed by atoms with Crippen molar-refractivity contribution in [2.45, 2.75) is 13.3 Å². The molecule has 2 aromatic carbocycles. The van der Waals surface area contributed by atoms with Crippen molar-refractivity contribution < 1.29 is 33.3 Å². The highest BCUT2D eigenvalue weighted by Gasteiger charge is 2.20. The molecule has 0 saturated carbocycles. The van der Waals surface area contributed by atoms with E-state index in [-0.39, 0.29) is 36.8 Å². The third kappa shape index (κ3) is 6.89. The topological polar surface area (TPSA) is 92.3 Å². The lowest BCUT2D eigenvalue weighted by Crippen LogP contribution is -2.18. The summed E-state index contributed by atoms with van der Waals surface area (Å²) in [5.74, 6) is 1.22. The molecule has 0 aliphatic heterocycles. The van der Waals surface area contributed by atoms with Gasteiger partial charge in [0.05, 0.1) is 38.5 Å². The first-order valence-corrected chi connectivity index (χ1v) is 11.5. The summed E-state index contributed by atoms with van der Waals surface area (Å²) in [5.41, 5.74) is 0.426. The Labute approximate surface area is 202 Å². The fourth-order valence-corrected chi connectivity index (χ4v) is 3.79. The van der Waals surface area contributed by atoms with Crippen LogP contribution in [0.15, 0.2) is 53.9 Å². The summed E-state index contributed by atoms with van der Waals surface area (Å²) >= 11 is 1.48.